The summed E-state index contributed by atoms with van der Waals surface area (Å²) in [6.45, 7) is 3.42. The Labute approximate surface area is 111 Å². The Morgan fingerprint density at radius 3 is 2.32 bits per heavy atom. The third-order valence-corrected chi connectivity index (χ3v) is 3.81. The minimum Gasteiger partial charge on any atom is -0.394 e. The molecule has 0 aliphatic carbocycles. The second-order valence-electron chi connectivity index (χ2n) is 5.00. The molecule has 0 spiro atoms. The van der Waals surface area contributed by atoms with E-state index in [1.54, 1.807) is 4.90 Å². The highest BCUT2D eigenvalue weighted by Crippen LogP contribution is 2.23. The molecule has 0 aromatic heterocycles. The molecule has 1 amide bonds. The van der Waals surface area contributed by atoms with Crippen molar-refractivity contribution in [3.63, 3.8) is 0 Å². The van der Waals surface area contributed by atoms with Crippen molar-refractivity contribution in [2.45, 2.75) is 26.2 Å². The number of amides is 1. The normalized spacial score (nSPS) is 16.7. The fourth-order valence-electron chi connectivity index (χ4n) is 2.43. The van der Waals surface area contributed by atoms with Gasteiger partial charge in [-0.25, -0.2) is 8.78 Å². The third-order valence-electron chi connectivity index (χ3n) is 3.81. The van der Waals surface area contributed by atoms with Crippen molar-refractivity contribution in [2.24, 2.45) is 5.92 Å². The summed E-state index contributed by atoms with van der Waals surface area (Å²) in [4.78, 5) is 13.8. The molecule has 0 saturated carbocycles. The lowest BCUT2D eigenvalue weighted by molar-refractivity contribution is 0.0688. The zero-order valence-electron chi connectivity index (χ0n) is 11.0. The number of rotatable bonds is 2. The van der Waals surface area contributed by atoms with Crippen LogP contribution in [0.2, 0.25) is 0 Å². The Kier molecular flexibility index (Phi) is 4.02. The van der Waals surface area contributed by atoms with E-state index in [2.05, 4.69) is 6.92 Å². The van der Waals surface area contributed by atoms with E-state index < -0.39 is 17.3 Å². The van der Waals surface area contributed by atoms with Gasteiger partial charge in [-0.15, -0.1) is 0 Å². The maximum absolute atomic E-state index is 13.3. The number of nitrogens with two attached hydrogens (primary N) is 1. The topological polar surface area (TPSA) is 46.3 Å². The van der Waals surface area contributed by atoms with Crippen LogP contribution in [0, 0.1) is 17.6 Å². The molecular formula is C14H18F2N2O. The van der Waals surface area contributed by atoms with Crippen LogP contribution in [0.1, 0.15) is 36.5 Å². The van der Waals surface area contributed by atoms with Gasteiger partial charge in [0.25, 0.3) is 5.91 Å². The van der Waals surface area contributed by atoms with Crippen molar-refractivity contribution in [1.29, 1.82) is 0 Å². The van der Waals surface area contributed by atoms with E-state index in [0.717, 1.165) is 31.4 Å². The highest BCUT2D eigenvalue weighted by Gasteiger charge is 2.24. The van der Waals surface area contributed by atoms with Crippen LogP contribution in [0.5, 0.6) is 0 Å². The first-order valence-electron chi connectivity index (χ1n) is 6.56. The van der Waals surface area contributed by atoms with Gasteiger partial charge in [0.2, 0.25) is 0 Å². The van der Waals surface area contributed by atoms with E-state index in [4.69, 9.17) is 5.73 Å². The summed E-state index contributed by atoms with van der Waals surface area (Å²) in [5, 5.41) is 0. The number of carbonyl (C=O) groups is 1. The van der Waals surface area contributed by atoms with Crippen molar-refractivity contribution < 1.29 is 13.6 Å². The molecule has 5 heteroatoms. The maximum Gasteiger partial charge on any atom is 0.254 e. The van der Waals surface area contributed by atoms with E-state index in [1.165, 1.54) is 0 Å². The molecular weight excluding hydrogens is 250 g/mol. The number of likely N-dealkylation sites (tertiary alicyclic amines) is 1. The molecule has 0 radical (unpaired) electrons. The third kappa shape index (κ3) is 2.85. The number of carbonyl (C=O) groups excluding carboxylic acids is 1. The molecule has 1 aliphatic heterocycles. The quantitative estimate of drug-likeness (QED) is 0.838. The molecule has 0 bridgehead atoms. The van der Waals surface area contributed by atoms with Crippen LogP contribution in [-0.2, 0) is 0 Å². The SMILES string of the molecule is CCC1CCN(C(=O)c2cc(F)c(N)c(F)c2)CC1. The number of benzene rings is 1. The monoisotopic (exact) mass is 268 g/mol. The summed E-state index contributed by atoms with van der Waals surface area (Å²) in [7, 11) is 0. The Morgan fingerprint density at radius 1 is 1.32 bits per heavy atom. The van der Waals surface area contributed by atoms with Crippen LogP contribution >= 0.6 is 0 Å². The number of hydrogen-bond donors (Lipinski definition) is 1. The Balaban J connectivity index is 2.12. The summed E-state index contributed by atoms with van der Waals surface area (Å²) >= 11 is 0. The van der Waals surface area contributed by atoms with Gasteiger partial charge >= 0.3 is 0 Å². The average molecular weight is 268 g/mol. The zero-order valence-corrected chi connectivity index (χ0v) is 11.0. The van der Waals surface area contributed by atoms with Crippen LogP contribution < -0.4 is 5.73 Å². The van der Waals surface area contributed by atoms with Crippen LogP contribution in [0.15, 0.2) is 12.1 Å². The predicted octanol–water partition coefficient (Wildman–Crippen LogP) is 2.81. The van der Waals surface area contributed by atoms with E-state index in [0.29, 0.717) is 19.0 Å². The first-order valence-corrected chi connectivity index (χ1v) is 6.56. The minimum atomic E-state index is -0.883. The van der Waals surface area contributed by atoms with Gasteiger partial charge in [-0.3, -0.25) is 4.79 Å². The lowest BCUT2D eigenvalue weighted by atomic mass is 9.94. The van der Waals surface area contributed by atoms with E-state index in [1.807, 2.05) is 0 Å². The Bertz CT molecular complexity index is 459. The fourth-order valence-corrected chi connectivity index (χ4v) is 2.43. The van der Waals surface area contributed by atoms with Gasteiger partial charge in [-0.05, 0) is 30.9 Å². The first-order chi connectivity index (χ1) is 9.02. The van der Waals surface area contributed by atoms with Gasteiger partial charge in [0.1, 0.15) is 17.3 Å². The van der Waals surface area contributed by atoms with Crippen molar-refractivity contribution >= 4 is 11.6 Å². The van der Waals surface area contributed by atoms with Gasteiger partial charge < -0.3 is 10.6 Å². The van der Waals surface area contributed by atoms with Crippen LogP contribution in [0.4, 0.5) is 14.5 Å². The fraction of sp³-hybridized carbons (Fsp3) is 0.500. The number of nitrogen functional groups attached to an aromatic ring is 1. The van der Waals surface area contributed by atoms with E-state index >= 15 is 0 Å². The molecule has 3 nitrogen and oxygen atoms in total. The molecule has 19 heavy (non-hydrogen) atoms. The second-order valence-corrected chi connectivity index (χ2v) is 5.00. The summed E-state index contributed by atoms with van der Waals surface area (Å²) in [6.07, 6.45) is 3.00. The molecule has 1 heterocycles. The number of hydrogen-bond acceptors (Lipinski definition) is 2. The highest BCUT2D eigenvalue weighted by atomic mass is 19.1. The van der Waals surface area contributed by atoms with Crippen molar-refractivity contribution in [3.05, 3.63) is 29.3 Å². The smallest absolute Gasteiger partial charge is 0.254 e. The average Bonchev–Trinajstić information content (AvgIpc) is 2.43. The second kappa shape index (κ2) is 5.55. The predicted molar refractivity (Wildman–Crippen MR) is 69.7 cm³/mol. The molecule has 104 valence electrons. The van der Waals surface area contributed by atoms with Gasteiger partial charge in [-0.2, -0.15) is 0 Å². The molecule has 2 N–H and O–H groups in total. The molecule has 1 aliphatic rings. The standard InChI is InChI=1S/C14H18F2N2O/c1-2-9-3-5-18(6-4-9)14(19)10-7-11(15)13(17)12(16)8-10/h7-9H,2-6,17H2,1H3. The molecule has 0 unspecified atom stereocenters. The maximum atomic E-state index is 13.3. The number of nitrogens with zero attached hydrogens (tertiary/aromatic N) is 1. The zero-order chi connectivity index (χ0) is 14.0. The van der Waals surface area contributed by atoms with E-state index in [9.17, 15) is 13.6 Å². The molecule has 1 saturated heterocycles. The number of piperidine rings is 1. The number of halogens is 2. The summed E-state index contributed by atoms with van der Waals surface area (Å²) < 4.78 is 26.7. The molecule has 0 atom stereocenters. The van der Waals surface area contributed by atoms with Crippen molar-refractivity contribution in [1.82, 2.24) is 4.90 Å². The van der Waals surface area contributed by atoms with E-state index in [-0.39, 0.29) is 11.5 Å². The molecule has 2 rings (SSSR count). The lowest BCUT2D eigenvalue weighted by Crippen LogP contribution is -2.38. The summed E-state index contributed by atoms with van der Waals surface area (Å²) in [6, 6.07) is 2.01. The summed E-state index contributed by atoms with van der Waals surface area (Å²) in [5.41, 5.74) is 4.68. The highest BCUT2D eigenvalue weighted by molar-refractivity contribution is 5.94. The molecule has 1 fully saturated rings. The Hall–Kier alpha value is -1.65. The van der Waals surface area contributed by atoms with Crippen LogP contribution in [-0.4, -0.2) is 23.9 Å². The van der Waals surface area contributed by atoms with Crippen LogP contribution in [0.3, 0.4) is 0 Å². The van der Waals surface area contributed by atoms with Gasteiger partial charge in [-0.1, -0.05) is 13.3 Å². The van der Waals surface area contributed by atoms with Gasteiger partial charge in [0, 0.05) is 18.7 Å². The van der Waals surface area contributed by atoms with Crippen LogP contribution in [0.25, 0.3) is 0 Å². The lowest BCUT2D eigenvalue weighted by Gasteiger charge is -2.31. The number of anilines is 1. The van der Waals surface area contributed by atoms with Crippen molar-refractivity contribution in [2.75, 3.05) is 18.8 Å². The minimum absolute atomic E-state index is 0.0270. The first kappa shape index (κ1) is 13.8. The largest absolute Gasteiger partial charge is 0.394 e. The Morgan fingerprint density at radius 2 is 1.84 bits per heavy atom. The molecule has 1 aromatic carbocycles. The molecule has 1 aromatic rings. The van der Waals surface area contributed by atoms with Gasteiger partial charge in [0.05, 0.1) is 0 Å². The summed E-state index contributed by atoms with van der Waals surface area (Å²) in [5.74, 6) is -1.45. The van der Waals surface area contributed by atoms with Gasteiger partial charge in [0.15, 0.2) is 0 Å². The van der Waals surface area contributed by atoms with Crippen molar-refractivity contribution in [3.8, 4) is 0 Å².